The van der Waals surface area contributed by atoms with E-state index in [2.05, 4.69) is 5.32 Å². The zero-order chi connectivity index (χ0) is 13.7. The molecule has 104 valence electrons. The number of carbonyl (C=O) groups is 1. The standard InChI is InChI=1S/C15H21FN2O/c16-13-7-5-12(6-8-13)15(9-10-15)18-14(19)4-2-1-3-11-17/h5-8H,1-4,9-11,17H2,(H,18,19). The lowest BCUT2D eigenvalue weighted by Gasteiger charge is -2.18. The SMILES string of the molecule is NCCCCCC(=O)NC1(c2ccc(F)cc2)CC1. The van der Waals surface area contributed by atoms with Gasteiger partial charge < -0.3 is 11.1 Å². The van der Waals surface area contributed by atoms with Gasteiger partial charge in [0.25, 0.3) is 0 Å². The molecule has 0 aliphatic heterocycles. The topological polar surface area (TPSA) is 55.1 Å². The van der Waals surface area contributed by atoms with Gasteiger partial charge in [-0.25, -0.2) is 4.39 Å². The molecule has 0 unspecified atom stereocenters. The first-order valence-electron chi connectivity index (χ1n) is 6.93. The molecular formula is C15H21FN2O. The summed E-state index contributed by atoms with van der Waals surface area (Å²) in [4.78, 5) is 11.9. The summed E-state index contributed by atoms with van der Waals surface area (Å²) in [6.45, 7) is 0.682. The lowest BCUT2D eigenvalue weighted by atomic mass is 10.0. The molecule has 0 heterocycles. The van der Waals surface area contributed by atoms with Crippen molar-refractivity contribution >= 4 is 5.91 Å². The highest BCUT2D eigenvalue weighted by Gasteiger charge is 2.45. The van der Waals surface area contributed by atoms with Crippen LogP contribution in [0.25, 0.3) is 0 Å². The van der Waals surface area contributed by atoms with Crippen molar-refractivity contribution in [3.8, 4) is 0 Å². The molecule has 1 saturated carbocycles. The van der Waals surface area contributed by atoms with Gasteiger partial charge in [-0.2, -0.15) is 0 Å². The minimum absolute atomic E-state index is 0.0823. The molecule has 1 aliphatic rings. The summed E-state index contributed by atoms with van der Waals surface area (Å²) < 4.78 is 12.9. The molecule has 1 amide bonds. The molecule has 19 heavy (non-hydrogen) atoms. The first-order chi connectivity index (χ1) is 9.16. The van der Waals surface area contributed by atoms with Crippen LogP contribution in [-0.4, -0.2) is 12.5 Å². The van der Waals surface area contributed by atoms with Crippen LogP contribution in [0.2, 0.25) is 0 Å². The maximum atomic E-state index is 12.9. The molecule has 1 aromatic carbocycles. The predicted molar refractivity (Wildman–Crippen MR) is 73.0 cm³/mol. The summed E-state index contributed by atoms with van der Waals surface area (Å²) in [5.41, 5.74) is 6.18. The summed E-state index contributed by atoms with van der Waals surface area (Å²) in [6.07, 6.45) is 5.26. The van der Waals surface area contributed by atoms with Crippen LogP contribution < -0.4 is 11.1 Å². The van der Waals surface area contributed by atoms with E-state index < -0.39 is 0 Å². The van der Waals surface area contributed by atoms with Gasteiger partial charge in [-0.05, 0) is 49.9 Å². The molecule has 3 nitrogen and oxygen atoms in total. The minimum atomic E-state index is -0.243. The molecule has 0 bridgehead atoms. The lowest BCUT2D eigenvalue weighted by molar-refractivity contribution is -0.122. The van der Waals surface area contributed by atoms with E-state index in [4.69, 9.17) is 5.73 Å². The maximum Gasteiger partial charge on any atom is 0.220 e. The predicted octanol–water partition coefficient (Wildman–Crippen LogP) is 2.45. The van der Waals surface area contributed by atoms with Crippen LogP contribution in [-0.2, 0) is 10.3 Å². The molecule has 0 aromatic heterocycles. The van der Waals surface area contributed by atoms with Crippen molar-refractivity contribution < 1.29 is 9.18 Å². The second-order valence-corrected chi connectivity index (χ2v) is 5.24. The van der Waals surface area contributed by atoms with Crippen molar-refractivity contribution in [1.29, 1.82) is 0 Å². The number of amides is 1. The van der Waals surface area contributed by atoms with Crippen molar-refractivity contribution in [3.05, 3.63) is 35.6 Å². The third-order valence-electron chi connectivity index (χ3n) is 3.63. The summed E-state index contributed by atoms with van der Waals surface area (Å²) >= 11 is 0. The van der Waals surface area contributed by atoms with E-state index in [9.17, 15) is 9.18 Å². The van der Waals surface area contributed by atoms with Crippen molar-refractivity contribution in [2.24, 2.45) is 5.73 Å². The third kappa shape index (κ3) is 3.77. The Bertz CT molecular complexity index is 426. The largest absolute Gasteiger partial charge is 0.347 e. The number of hydrogen-bond donors (Lipinski definition) is 2. The number of carbonyl (C=O) groups excluding carboxylic acids is 1. The fourth-order valence-electron chi connectivity index (χ4n) is 2.32. The number of hydrogen-bond acceptors (Lipinski definition) is 2. The van der Waals surface area contributed by atoms with Crippen LogP contribution in [0.5, 0.6) is 0 Å². The van der Waals surface area contributed by atoms with Crippen molar-refractivity contribution in [3.63, 3.8) is 0 Å². The second-order valence-electron chi connectivity index (χ2n) is 5.24. The Morgan fingerprint density at radius 1 is 1.21 bits per heavy atom. The fourth-order valence-corrected chi connectivity index (χ4v) is 2.32. The first kappa shape index (κ1) is 14.0. The first-order valence-corrected chi connectivity index (χ1v) is 6.93. The highest BCUT2D eigenvalue weighted by Crippen LogP contribution is 2.45. The van der Waals surface area contributed by atoms with E-state index in [1.54, 1.807) is 12.1 Å². The minimum Gasteiger partial charge on any atom is -0.347 e. The smallest absolute Gasteiger partial charge is 0.220 e. The van der Waals surface area contributed by atoms with Crippen LogP contribution >= 0.6 is 0 Å². The number of nitrogens with two attached hydrogens (primary N) is 1. The van der Waals surface area contributed by atoms with Gasteiger partial charge in [-0.3, -0.25) is 4.79 Å². The number of rotatable bonds is 7. The summed E-state index contributed by atoms with van der Waals surface area (Å²) in [7, 11) is 0. The van der Waals surface area contributed by atoms with Gasteiger partial charge in [0, 0.05) is 6.42 Å². The van der Waals surface area contributed by atoms with E-state index in [0.717, 1.165) is 37.7 Å². The molecule has 0 spiro atoms. The van der Waals surface area contributed by atoms with Gasteiger partial charge in [-0.1, -0.05) is 18.6 Å². The number of halogens is 1. The van der Waals surface area contributed by atoms with Crippen molar-refractivity contribution in [2.45, 2.75) is 44.1 Å². The van der Waals surface area contributed by atoms with Crippen LogP contribution in [0, 0.1) is 5.82 Å². The molecule has 1 fully saturated rings. The average Bonchev–Trinajstić information content (AvgIpc) is 3.16. The zero-order valence-electron chi connectivity index (χ0n) is 11.1. The highest BCUT2D eigenvalue weighted by atomic mass is 19.1. The normalized spacial score (nSPS) is 16.1. The van der Waals surface area contributed by atoms with Gasteiger partial charge in [-0.15, -0.1) is 0 Å². The Labute approximate surface area is 113 Å². The Morgan fingerprint density at radius 3 is 2.47 bits per heavy atom. The molecule has 1 aliphatic carbocycles. The monoisotopic (exact) mass is 264 g/mol. The van der Waals surface area contributed by atoms with E-state index in [1.807, 2.05) is 0 Å². The molecule has 0 radical (unpaired) electrons. The number of unbranched alkanes of at least 4 members (excludes halogenated alkanes) is 2. The molecule has 0 saturated heterocycles. The molecule has 0 atom stereocenters. The van der Waals surface area contributed by atoms with Gasteiger partial charge in [0.2, 0.25) is 5.91 Å². The van der Waals surface area contributed by atoms with Crippen LogP contribution in [0.3, 0.4) is 0 Å². The zero-order valence-corrected chi connectivity index (χ0v) is 11.1. The quantitative estimate of drug-likeness (QED) is 0.743. The second kappa shape index (κ2) is 6.15. The van der Waals surface area contributed by atoms with E-state index in [1.165, 1.54) is 12.1 Å². The molecule has 2 rings (SSSR count). The van der Waals surface area contributed by atoms with Gasteiger partial charge in [0.05, 0.1) is 5.54 Å². The van der Waals surface area contributed by atoms with Crippen LogP contribution in [0.15, 0.2) is 24.3 Å². The Balaban J connectivity index is 1.84. The number of nitrogens with one attached hydrogen (secondary N) is 1. The lowest BCUT2D eigenvalue weighted by Crippen LogP contribution is -2.34. The van der Waals surface area contributed by atoms with E-state index in [-0.39, 0.29) is 17.3 Å². The molecule has 4 heteroatoms. The Kier molecular flexibility index (Phi) is 4.53. The Hall–Kier alpha value is -1.42. The van der Waals surface area contributed by atoms with E-state index >= 15 is 0 Å². The fraction of sp³-hybridized carbons (Fsp3) is 0.533. The summed E-state index contributed by atoms with van der Waals surface area (Å²) in [5.74, 6) is -0.161. The third-order valence-corrected chi connectivity index (χ3v) is 3.63. The Morgan fingerprint density at radius 2 is 1.89 bits per heavy atom. The van der Waals surface area contributed by atoms with Gasteiger partial charge >= 0.3 is 0 Å². The molecule has 3 N–H and O–H groups in total. The van der Waals surface area contributed by atoms with Crippen LogP contribution in [0.1, 0.15) is 44.1 Å². The maximum absolute atomic E-state index is 12.9. The molecule has 1 aromatic rings. The summed E-state index contributed by atoms with van der Waals surface area (Å²) in [5, 5.41) is 3.09. The van der Waals surface area contributed by atoms with Crippen LogP contribution in [0.4, 0.5) is 4.39 Å². The van der Waals surface area contributed by atoms with Crippen molar-refractivity contribution in [2.75, 3.05) is 6.54 Å². The van der Waals surface area contributed by atoms with Gasteiger partial charge in [0.15, 0.2) is 0 Å². The molecular weight excluding hydrogens is 243 g/mol. The number of benzene rings is 1. The highest BCUT2D eigenvalue weighted by molar-refractivity contribution is 5.77. The van der Waals surface area contributed by atoms with E-state index in [0.29, 0.717) is 13.0 Å². The summed E-state index contributed by atoms with van der Waals surface area (Å²) in [6, 6.07) is 6.42. The average molecular weight is 264 g/mol. The van der Waals surface area contributed by atoms with Crippen molar-refractivity contribution in [1.82, 2.24) is 5.32 Å². The van der Waals surface area contributed by atoms with Gasteiger partial charge in [0.1, 0.15) is 5.82 Å².